The normalized spacial score (nSPS) is 17.7. The number of rotatable bonds is 9. The molecule has 8 nitrogen and oxygen atoms in total. The Morgan fingerprint density at radius 1 is 1.06 bits per heavy atom. The number of nitro benzene ring substituents is 1. The van der Waals surface area contributed by atoms with Crippen LogP contribution >= 0.6 is 0 Å². The van der Waals surface area contributed by atoms with Crippen LogP contribution in [0.3, 0.4) is 0 Å². The molecule has 0 radical (unpaired) electrons. The summed E-state index contributed by atoms with van der Waals surface area (Å²) in [6, 6.07) is 14.0. The van der Waals surface area contributed by atoms with Crippen molar-refractivity contribution in [2.45, 2.75) is 57.9 Å². The molecule has 0 unspecified atom stereocenters. The molecule has 0 aromatic heterocycles. The first-order valence-electron chi connectivity index (χ1n) is 13.2. The molecule has 8 heteroatoms. The summed E-state index contributed by atoms with van der Waals surface area (Å²) in [7, 11) is 0. The molecular formula is C28H38N4O4. The van der Waals surface area contributed by atoms with Gasteiger partial charge in [0, 0.05) is 49.9 Å². The smallest absolute Gasteiger partial charge is 0.311 e. The van der Waals surface area contributed by atoms with Crippen molar-refractivity contribution in [2.24, 2.45) is 0 Å². The summed E-state index contributed by atoms with van der Waals surface area (Å²) in [6.45, 7) is 8.71. The molecule has 36 heavy (non-hydrogen) atoms. The predicted octanol–water partition coefficient (Wildman–Crippen LogP) is 4.97. The summed E-state index contributed by atoms with van der Waals surface area (Å²) in [5, 5.41) is 14.7. The van der Waals surface area contributed by atoms with E-state index >= 15 is 0 Å². The van der Waals surface area contributed by atoms with E-state index in [2.05, 4.69) is 41.4 Å². The zero-order valence-corrected chi connectivity index (χ0v) is 21.4. The third kappa shape index (κ3) is 6.75. The number of anilines is 1. The highest BCUT2D eigenvalue weighted by atomic mass is 16.6. The number of hydrogen-bond acceptors (Lipinski definition) is 6. The number of amides is 1. The van der Waals surface area contributed by atoms with Crippen molar-refractivity contribution in [3.05, 3.63) is 63.7 Å². The monoisotopic (exact) mass is 494 g/mol. The number of nitrogens with zero attached hydrogens (tertiary/aromatic N) is 3. The Bertz CT molecular complexity index is 1030. The third-order valence-corrected chi connectivity index (χ3v) is 7.45. The minimum Gasteiger partial charge on any atom is -0.487 e. The standard InChI is InChI=1S/C28H38N4O4/c1-3-36-27-20-25(8-9-26(27)32(34)35)29-24-12-18-31(19-13-24)28(33)14-17-30-15-10-23(11-16-30)22-6-4-21(2)5-7-22/h4-9,20,23-24,29H,3,10-19H2,1-2H3. The number of piperidine rings is 2. The van der Waals surface area contributed by atoms with Crippen LogP contribution in [0.1, 0.15) is 56.1 Å². The lowest BCUT2D eigenvalue weighted by Gasteiger charge is -2.35. The van der Waals surface area contributed by atoms with Gasteiger partial charge in [0.05, 0.1) is 11.5 Å². The van der Waals surface area contributed by atoms with Crippen molar-refractivity contribution in [3.63, 3.8) is 0 Å². The maximum absolute atomic E-state index is 12.8. The second kappa shape index (κ2) is 12.2. The molecule has 4 rings (SSSR count). The van der Waals surface area contributed by atoms with E-state index in [1.54, 1.807) is 12.1 Å². The summed E-state index contributed by atoms with van der Waals surface area (Å²) in [6.07, 6.45) is 4.60. The van der Waals surface area contributed by atoms with Gasteiger partial charge in [0.2, 0.25) is 5.91 Å². The zero-order chi connectivity index (χ0) is 25.5. The van der Waals surface area contributed by atoms with Crippen molar-refractivity contribution >= 4 is 17.3 Å². The maximum Gasteiger partial charge on any atom is 0.311 e. The van der Waals surface area contributed by atoms with Gasteiger partial charge < -0.3 is 19.9 Å². The number of carbonyl (C=O) groups excluding carboxylic acids is 1. The van der Waals surface area contributed by atoms with Crippen LogP contribution < -0.4 is 10.1 Å². The fourth-order valence-electron chi connectivity index (χ4n) is 5.28. The topological polar surface area (TPSA) is 88.0 Å². The average molecular weight is 495 g/mol. The van der Waals surface area contributed by atoms with Crippen molar-refractivity contribution in [1.82, 2.24) is 9.80 Å². The molecule has 194 valence electrons. The first-order chi connectivity index (χ1) is 17.4. The summed E-state index contributed by atoms with van der Waals surface area (Å²) in [5.74, 6) is 1.15. The molecule has 0 aliphatic carbocycles. The number of nitro groups is 1. The van der Waals surface area contributed by atoms with Gasteiger partial charge in [-0.2, -0.15) is 0 Å². The lowest BCUT2D eigenvalue weighted by atomic mass is 9.89. The number of aryl methyl sites for hydroxylation is 1. The highest BCUT2D eigenvalue weighted by Gasteiger charge is 2.25. The van der Waals surface area contributed by atoms with Gasteiger partial charge in [-0.05, 0) is 70.2 Å². The predicted molar refractivity (Wildman–Crippen MR) is 142 cm³/mol. The average Bonchev–Trinajstić information content (AvgIpc) is 2.89. The third-order valence-electron chi connectivity index (χ3n) is 7.45. The van der Waals surface area contributed by atoms with Gasteiger partial charge in [-0.25, -0.2) is 0 Å². The number of nitrogens with one attached hydrogen (secondary N) is 1. The summed E-state index contributed by atoms with van der Waals surface area (Å²) >= 11 is 0. The molecule has 2 aliphatic rings. The Balaban J connectivity index is 1.18. The number of likely N-dealkylation sites (tertiary alicyclic amines) is 2. The van der Waals surface area contributed by atoms with Crippen LogP contribution in [0.2, 0.25) is 0 Å². The summed E-state index contributed by atoms with van der Waals surface area (Å²) in [4.78, 5) is 28.0. The minimum atomic E-state index is -0.425. The second-order valence-corrected chi connectivity index (χ2v) is 9.95. The fourth-order valence-corrected chi connectivity index (χ4v) is 5.28. The zero-order valence-electron chi connectivity index (χ0n) is 21.4. The van der Waals surface area contributed by atoms with Crippen LogP contribution in [0, 0.1) is 17.0 Å². The van der Waals surface area contributed by atoms with Crippen molar-refractivity contribution in [3.8, 4) is 5.75 Å². The van der Waals surface area contributed by atoms with Gasteiger partial charge in [-0.15, -0.1) is 0 Å². The first kappa shape index (κ1) is 25.9. The van der Waals surface area contributed by atoms with Crippen LogP contribution in [0.15, 0.2) is 42.5 Å². The van der Waals surface area contributed by atoms with Crippen molar-refractivity contribution in [1.29, 1.82) is 0 Å². The molecule has 0 bridgehead atoms. The summed E-state index contributed by atoms with van der Waals surface area (Å²) < 4.78 is 5.45. The van der Waals surface area contributed by atoms with E-state index in [0.29, 0.717) is 18.9 Å². The van der Waals surface area contributed by atoms with E-state index in [-0.39, 0.29) is 23.4 Å². The van der Waals surface area contributed by atoms with Gasteiger partial charge in [0.15, 0.2) is 5.75 Å². The molecule has 1 amide bonds. The van der Waals surface area contributed by atoms with E-state index in [1.807, 2.05) is 11.8 Å². The van der Waals surface area contributed by atoms with Crippen LogP contribution in [0.25, 0.3) is 0 Å². The summed E-state index contributed by atoms with van der Waals surface area (Å²) in [5.41, 5.74) is 3.53. The van der Waals surface area contributed by atoms with Crippen LogP contribution in [-0.4, -0.2) is 66.0 Å². The molecule has 2 heterocycles. The van der Waals surface area contributed by atoms with Crippen molar-refractivity contribution in [2.75, 3.05) is 44.6 Å². The number of carbonyl (C=O) groups is 1. The van der Waals surface area contributed by atoms with E-state index in [0.717, 1.165) is 64.1 Å². The molecule has 0 atom stereocenters. The maximum atomic E-state index is 12.8. The molecule has 2 fully saturated rings. The van der Waals surface area contributed by atoms with E-state index in [4.69, 9.17) is 4.74 Å². The SMILES string of the molecule is CCOc1cc(NC2CCN(C(=O)CCN3CCC(c4ccc(C)cc4)CC3)CC2)ccc1[N+](=O)[O-]. The largest absolute Gasteiger partial charge is 0.487 e. The molecule has 0 saturated carbocycles. The second-order valence-electron chi connectivity index (χ2n) is 9.95. The van der Waals surface area contributed by atoms with E-state index < -0.39 is 4.92 Å². The highest BCUT2D eigenvalue weighted by molar-refractivity contribution is 5.76. The molecule has 2 aliphatic heterocycles. The number of hydrogen-bond donors (Lipinski definition) is 1. The Kier molecular flexibility index (Phi) is 8.80. The first-order valence-corrected chi connectivity index (χ1v) is 13.2. The number of benzene rings is 2. The van der Waals surface area contributed by atoms with Gasteiger partial charge in [0.1, 0.15) is 0 Å². The molecule has 2 aromatic rings. The van der Waals surface area contributed by atoms with E-state index in [9.17, 15) is 14.9 Å². The van der Waals surface area contributed by atoms with Crippen LogP contribution in [0.5, 0.6) is 5.75 Å². The van der Waals surface area contributed by atoms with Gasteiger partial charge >= 0.3 is 5.69 Å². The molecule has 1 N–H and O–H groups in total. The van der Waals surface area contributed by atoms with Crippen molar-refractivity contribution < 1.29 is 14.5 Å². The van der Waals surface area contributed by atoms with E-state index in [1.165, 1.54) is 17.2 Å². The Hall–Kier alpha value is -3.13. The van der Waals surface area contributed by atoms with Gasteiger partial charge in [-0.1, -0.05) is 29.8 Å². The van der Waals surface area contributed by atoms with Gasteiger partial charge in [-0.3, -0.25) is 14.9 Å². The molecular weight excluding hydrogens is 456 g/mol. The Labute approximate surface area is 213 Å². The minimum absolute atomic E-state index is 0.0257. The quantitative estimate of drug-likeness (QED) is 0.391. The van der Waals surface area contributed by atoms with Crippen LogP contribution in [0.4, 0.5) is 11.4 Å². The fraction of sp³-hybridized carbons (Fsp3) is 0.536. The highest BCUT2D eigenvalue weighted by Crippen LogP contribution is 2.31. The number of ether oxygens (including phenoxy) is 1. The lowest BCUT2D eigenvalue weighted by molar-refractivity contribution is -0.385. The Morgan fingerprint density at radius 3 is 2.39 bits per heavy atom. The molecule has 2 saturated heterocycles. The molecule has 2 aromatic carbocycles. The van der Waals surface area contributed by atoms with Crippen LogP contribution in [-0.2, 0) is 4.79 Å². The lowest BCUT2D eigenvalue weighted by Crippen LogP contribution is -2.43. The Morgan fingerprint density at radius 2 is 1.75 bits per heavy atom. The molecule has 0 spiro atoms. The van der Waals surface area contributed by atoms with Gasteiger partial charge in [0.25, 0.3) is 0 Å².